The van der Waals surface area contributed by atoms with Crippen molar-refractivity contribution in [2.24, 2.45) is 0 Å². The summed E-state index contributed by atoms with van der Waals surface area (Å²) in [6.45, 7) is 1.86. The van der Waals surface area contributed by atoms with E-state index in [1.165, 1.54) is 12.7 Å². The molecule has 3 nitrogen and oxygen atoms in total. The molecule has 1 unspecified atom stereocenters. The van der Waals surface area contributed by atoms with E-state index < -0.39 is 5.54 Å². The molecule has 4 heteroatoms. The van der Waals surface area contributed by atoms with Gasteiger partial charge in [-0.25, -0.2) is 4.79 Å². The Hall–Kier alpha value is -1.22. The maximum atomic E-state index is 11.5. The van der Waals surface area contributed by atoms with E-state index >= 15 is 0 Å². The predicted molar refractivity (Wildman–Crippen MR) is 61.4 cm³/mol. The van der Waals surface area contributed by atoms with Crippen molar-refractivity contribution in [2.75, 3.05) is 12.4 Å². The normalized spacial score (nSPS) is 22.3. The number of benzene rings is 1. The molecule has 0 radical (unpaired) electrons. The number of halogens is 1. The molecule has 1 heterocycles. The monoisotopic (exact) mass is 227 g/mol. The number of hydrogen-bond acceptors (Lipinski definition) is 3. The van der Waals surface area contributed by atoms with Crippen LogP contribution in [0.5, 0.6) is 0 Å². The van der Waals surface area contributed by atoms with Crippen LogP contribution in [0, 0.1) is 0 Å². The van der Waals surface area contributed by atoms with Crippen molar-refractivity contribution in [2.45, 2.75) is 18.9 Å². The second-order valence-electron chi connectivity index (χ2n) is 3.78. The third-order valence-corrected chi connectivity index (χ3v) is 2.61. The molecule has 1 aromatic rings. The lowest BCUT2D eigenvalue weighted by atomic mass is 9.98. The summed E-state index contributed by atoms with van der Waals surface area (Å²) in [4.78, 5) is 11.5. The number of anilines is 1. The van der Waals surface area contributed by atoms with E-state index in [-0.39, 0.29) is 18.4 Å². The maximum Gasteiger partial charge on any atom is 0.331 e. The summed E-state index contributed by atoms with van der Waals surface area (Å²) >= 11 is 0. The van der Waals surface area contributed by atoms with Gasteiger partial charge < -0.3 is 10.1 Å². The fraction of sp³-hybridized carbons (Fsp3) is 0.364. The summed E-state index contributed by atoms with van der Waals surface area (Å²) in [5.41, 5.74) is 1.60. The van der Waals surface area contributed by atoms with Crippen molar-refractivity contribution in [1.29, 1.82) is 0 Å². The number of carbonyl (C=O) groups is 1. The Bertz CT molecular complexity index is 354. The summed E-state index contributed by atoms with van der Waals surface area (Å²) in [5, 5.41) is 3.19. The van der Waals surface area contributed by atoms with Gasteiger partial charge in [0.1, 0.15) is 5.54 Å². The smallest absolute Gasteiger partial charge is 0.331 e. The Morgan fingerprint density at radius 2 is 2.13 bits per heavy atom. The summed E-state index contributed by atoms with van der Waals surface area (Å²) in [7, 11) is 1.41. The van der Waals surface area contributed by atoms with Gasteiger partial charge in [0.25, 0.3) is 0 Å². The fourth-order valence-corrected chi connectivity index (χ4v) is 1.87. The van der Waals surface area contributed by atoms with Gasteiger partial charge in [-0.1, -0.05) is 18.2 Å². The van der Waals surface area contributed by atoms with Gasteiger partial charge in [0.15, 0.2) is 0 Å². The minimum absolute atomic E-state index is 0. The zero-order valence-electron chi connectivity index (χ0n) is 8.74. The van der Waals surface area contributed by atoms with E-state index in [1.807, 2.05) is 31.2 Å². The molecule has 2 rings (SSSR count). The molecule has 82 valence electrons. The van der Waals surface area contributed by atoms with E-state index in [1.54, 1.807) is 0 Å². The molecular formula is C11H14ClNO2. The summed E-state index contributed by atoms with van der Waals surface area (Å²) in [6, 6.07) is 7.93. The molecule has 1 aromatic carbocycles. The third kappa shape index (κ3) is 1.92. The van der Waals surface area contributed by atoms with Gasteiger partial charge in [0.2, 0.25) is 0 Å². The van der Waals surface area contributed by atoms with E-state index in [4.69, 9.17) is 4.74 Å². The largest absolute Gasteiger partial charge is 0.467 e. The predicted octanol–water partition coefficient (Wildman–Crippen LogP) is 2.01. The van der Waals surface area contributed by atoms with Gasteiger partial charge in [-0.2, -0.15) is 0 Å². The molecule has 15 heavy (non-hydrogen) atoms. The Morgan fingerprint density at radius 3 is 2.73 bits per heavy atom. The van der Waals surface area contributed by atoms with Gasteiger partial charge in [-0.05, 0) is 18.6 Å². The summed E-state index contributed by atoms with van der Waals surface area (Å²) < 4.78 is 4.77. The molecular weight excluding hydrogens is 214 g/mol. The minimum Gasteiger partial charge on any atom is -0.467 e. The number of nitrogens with one attached hydrogen (secondary N) is 1. The molecule has 0 saturated heterocycles. The van der Waals surface area contributed by atoms with Gasteiger partial charge in [0, 0.05) is 12.1 Å². The van der Waals surface area contributed by atoms with Crippen LogP contribution < -0.4 is 5.32 Å². The zero-order chi connectivity index (χ0) is 10.2. The van der Waals surface area contributed by atoms with Crippen molar-refractivity contribution >= 4 is 24.1 Å². The van der Waals surface area contributed by atoms with E-state index in [0.29, 0.717) is 6.42 Å². The van der Waals surface area contributed by atoms with Crippen LogP contribution in [-0.4, -0.2) is 18.6 Å². The van der Waals surface area contributed by atoms with Crippen LogP contribution in [0.3, 0.4) is 0 Å². The molecule has 0 fully saturated rings. The minimum atomic E-state index is -0.599. The Kier molecular flexibility index (Phi) is 3.25. The number of hydrogen-bond donors (Lipinski definition) is 1. The molecule has 0 amide bonds. The molecule has 1 N–H and O–H groups in total. The molecule has 1 atom stereocenters. The number of methoxy groups -OCH3 is 1. The topological polar surface area (TPSA) is 38.3 Å². The standard InChI is InChI=1S/C11H13NO2.ClH/c1-11(10(13)14-2)7-8-5-3-4-6-9(8)12-11;/h3-6,12H,7H2,1-2H3;1H. The third-order valence-electron chi connectivity index (χ3n) is 2.61. The first kappa shape index (κ1) is 11.9. The van der Waals surface area contributed by atoms with Crippen molar-refractivity contribution in [3.8, 4) is 0 Å². The first-order valence-corrected chi connectivity index (χ1v) is 4.60. The number of ether oxygens (including phenoxy) is 1. The molecule has 0 aromatic heterocycles. The molecule has 0 aliphatic carbocycles. The van der Waals surface area contributed by atoms with Crippen LogP contribution in [0.25, 0.3) is 0 Å². The maximum absolute atomic E-state index is 11.5. The number of esters is 1. The average Bonchev–Trinajstić information content (AvgIpc) is 2.54. The number of rotatable bonds is 1. The lowest BCUT2D eigenvalue weighted by molar-refractivity contribution is -0.145. The first-order chi connectivity index (χ1) is 6.65. The van der Waals surface area contributed by atoms with Crippen LogP contribution >= 0.6 is 12.4 Å². The fourth-order valence-electron chi connectivity index (χ4n) is 1.87. The number of carbonyl (C=O) groups excluding carboxylic acids is 1. The zero-order valence-corrected chi connectivity index (χ0v) is 9.56. The van der Waals surface area contributed by atoms with Crippen LogP contribution in [0.2, 0.25) is 0 Å². The van der Waals surface area contributed by atoms with Gasteiger partial charge >= 0.3 is 5.97 Å². The highest BCUT2D eigenvalue weighted by molar-refractivity contribution is 5.87. The SMILES string of the molecule is COC(=O)C1(C)Cc2ccccc2N1.Cl. The lowest BCUT2D eigenvalue weighted by Gasteiger charge is -2.21. The van der Waals surface area contributed by atoms with Crippen molar-refractivity contribution < 1.29 is 9.53 Å². The molecule has 1 aliphatic heterocycles. The van der Waals surface area contributed by atoms with Crippen LogP contribution in [0.15, 0.2) is 24.3 Å². The molecule has 0 bridgehead atoms. The molecule has 0 saturated carbocycles. The highest BCUT2D eigenvalue weighted by atomic mass is 35.5. The van der Waals surface area contributed by atoms with E-state index in [2.05, 4.69) is 5.32 Å². The van der Waals surface area contributed by atoms with Crippen molar-refractivity contribution in [1.82, 2.24) is 0 Å². The average molecular weight is 228 g/mol. The quantitative estimate of drug-likeness (QED) is 0.746. The van der Waals surface area contributed by atoms with Crippen LogP contribution in [0.1, 0.15) is 12.5 Å². The number of para-hydroxylation sites is 1. The van der Waals surface area contributed by atoms with Gasteiger partial charge in [-0.3, -0.25) is 0 Å². The molecule has 1 aliphatic rings. The van der Waals surface area contributed by atoms with E-state index in [9.17, 15) is 4.79 Å². The number of fused-ring (bicyclic) bond motifs is 1. The molecule has 0 spiro atoms. The van der Waals surface area contributed by atoms with Crippen molar-refractivity contribution in [3.05, 3.63) is 29.8 Å². The van der Waals surface area contributed by atoms with E-state index in [0.717, 1.165) is 5.69 Å². The van der Waals surface area contributed by atoms with Crippen molar-refractivity contribution in [3.63, 3.8) is 0 Å². The second-order valence-corrected chi connectivity index (χ2v) is 3.78. The summed E-state index contributed by atoms with van der Waals surface area (Å²) in [5.74, 6) is -0.214. The van der Waals surface area contributed by atoms with Gasteiger partial charge in [0.05, 0.1) is 7.11 Å². The highest BCUT2D eigenvalue weighted by Crippen LogP contribution is 2.32. The Balaban J connectivity index is 0.00000112. The Labute approximate surface area is 95.2 Å². The first-order valence-electron chi connectivity index (χ1n) is 4.60. The Morgan fingerprint density at radius 1 is 1.47 bits per heavy atom. The second kappa shape index (κ2) is 4.11. The summed E-state index contributed by atoms with van der Waals surface area (Å²) in [6.07, 6.45) is 0.690. The van der Waals surface area contributed by atoms with Gasteiger partial charge in [-0.15, -0.1) is 12.4 Å². The van der Waals surface area contributed by atoms with Crippen LogP contribution in [-0.2, 0) is 16.0 Å². The van der Waals surface area contributed by atoms with Crippen LogP contribution in [0.4, 0.5) is 5.69 Å². The highest BCUT2D eigenvalue weighted by Gasteiger charge is 2.39. The lowest BCUT2D eigenvalue weighted by Crippen LogP contribution is -2.42.